The van der Waals surface area contributed by atoms with Gasteiger partial charge in [0, 0.05) is 28.9 Å². The van der Waals surface area contributed by atoms with E-state index in [1.807, 2.05) is 48.5 Å². The zero-order valence-corrected chi connectivity index (χ0v) is 14.3. The molecule has 4 rings (SSSR count). The minimum absolute atomic E-state index is 0.398. The van der Waals surface area contributed by atoms with Crippen LogP contribution in [0.15, 0.2) is 54.7 Å². The van der Waals surface area contributed by atoms with Gasteiger partial charge in [-0.05, 0) is 23.3 Å². The molecule has 0 atom stereocenters. The number of hydrogen-bond donors (Lipinski definition) is 5. The lowest BCUT2D eigenvalue weighted by Gasteiger charge is -2.03. The number of para-hydroxylation sites is 2. The second kappa shape index (κ2) is 6.60. The predicted octanol–water partition coefficient (Wildman–Crippen LogP) is 1.75. The molecule has 0 fully saturated rings. The number of nitrogen functional groups attached to an aromatic ring is 2. The second-order valence-electron chi connectivity index (χ2n) is 6.17. The van der Waals surface area contributed by atoms with Crippen LogP contribution in [0, 0.1) is 0 Å². The molecule has 2 amide bonds. The van der Waals surface area contributed by atoms with Gasteiger partial charge in [-0.15, -0.1) is 0 Å². The first-order valence-corrected chi connectivity index (χ1v) is 8.34. The van der Waals surface area contributed by atoms with Crippen LogP contribution in [-0.4, -0.2) is 21.5 Å². The van der Waals surface area contributed by atoms with Crippen LogP contribution in [0.5, 0.6) is 0 Å². The third-order valence-corrected chi connectivity index (χ3v) is 4.68. The topological polar surface area (TPSA) is 131 Å². The SMILES string of the molecule is NNC(=O)c1[nH]c2ccccc2c1Cc1cn(C(=O)NN)c2ccccc12. The molecule has 8 heteroatoms. The summed E-state index contributed by atoms with van der Waals surface area (Å²) < 4.78 is 1.46. The Bertz CT molecular complexity index is 1170. The summed E-state index contributed by atoms with van der Waals surface area (Å²) >= 11 is 0. The van der Waals surface area contributed by atoms with Crippen molar-refractivity contribution < 1.29 is 9.59 Å². The molecular formula is C19H18N6O2. The van der Waals surface area contributed by atoms with Gasteiger partial charge in [0.2, 0.25) is 0 Å². The molecule has 2 aromatic carbocycles. The van der Waals surface area contributed by atoms with Gasteiger partial charge < -0.3 is 4.98 Å². The molecule has 0 aliphatic rings. The van der Waals surface area contributed by atoms with Gasteiger partial charge in [0.1, 0.15) is 5.69 Å². The number of benzene rings is 2. The van der Waals surface area contributed by atoms with Gasteiger partial charge in [-0.25, -0.2) is 16.5 Å². The van der Waals surface area contributed by atoms with Crippen LogP contribution in [0.4, 0.5) is 4.79 Å². The van der Waals surface area contributed by atoms with Gasteiger partial charge in [-0.1, -0.05) is 36.4 Å². The molecule has 0 spiro atoms. The fraction of sp³-hybridized carbons (Fsp3) is 0.0526. The number of carbonyl (C=O) groups is 2. The van der Waals surface area contributed by atoms with E-state index in [2.05, 4.69) is 15.8 Å². The number of rotatable bonds is 3. The van der Waals surface area contributed by atoms with Crippen LogP contribution >= 0.6 is 0 Å². The van der Waals surface area contributed by atoms with Crippen molar-refractivity contribution >= 4 is 33.7 Å². The van der Waals surface area contributed by atoms with Crippen molar-refractivity contribution in [1.82, 2.24) is 20.4 Å². The summed E-state index contributed by atoms with van der Waals surface area (Å²) in [6.07, 6.45) is 2.18. The van der Waals surface area contributed by atoms with Crippen molar-refractivity contribution in [2.45, 2.75) is 6.42 Å². The highest BCUT2D eigenvalue weighted by Gasteiger charge is 2.20. The zero-order valence-electron chi connectivity index (χ0n) is 14.3. The summed E-state index contributed by atoms with van der Waals surface area (Å²) in [5.41, 5.74) is 8.02. The fourth-order valence-corrected chi connectivity index (χ4v) is 3.47. The van der Waals surface area contributed by atoms with Gasteiger partial charge in [-0.2, -0.15) is 0 Å². The highest BCUT2D eigenvalue weighted by atomic mass is 16.2. The second-order valence-corrected chi connectivity index (χ2v) is 6.17. The first kappa shape index (κ1) is 16.8. The molecule has 0 saturated carbocycles. The Morgan fingerprint density at radius 2 is 1.67 bits per heavy atom. The zero-order chi connectivity index (χ0) is 19.0. The van der Waals surface area contributed by atoms with E-state index in [0.717, 1.165) is 32.9 Å². The van der Waals surface area contributed by atoms with E-state index in [-0.39, 0.29) is 0 Å². The third kappa shape index (κ3) is 2.73. The normalized spacial score (nSPS) is 11.0. The van der Waals surface area contributed by atoms with E-state index >= 15 is 0 Å². The van der Waals surface area contributed by atoms with Crippen molar-refractivity contribution in [1.29, 1.82) is 0 Å². The molecule has 8 nitrogen and oxygen atoms in total. The number of aromatic nitrogens is 2. The van der Waals surface area contributed by atoms with Crippen molar-refractivity contribution in [3.05, 3.63) is 71.5 Å². The summed E-state index contributed by atoms with van der Waals surface area (Å²) in [4.78, 5) is 27.5. The number of aromatic amines is 1. The maximum atomic E-state index is 12.3. The van der Waals surface area contributed by atoms with E-state index in [1.54, 1.807) is 6.20 Å². The Morgan fingerprint density at radius 3 is 2.41 bits per heavy atom. The number of fused-ring (bicyclic) bond motifs is 2. The monoisotopic (exact) mass is 362 g/mol. The summed E-state index contributed by atoms with van der Waals surface area (Å²) in [5, 5.41) is 1.83. The number of carbonyl (C=O) groups excluding carboxylic acids is 2. The van der Waals surface area contributed by atoms with Crippen molar-refractivity contribution in [3.8, 4) is 0 Å². The Hall–Kier alpha value is -3.62. The number of nitrogens with two attached hydrogens (primary N) is 2. The van der Waals surface area contributed by atoms with Crippen LogP contribution in [0.1, 0.15) is 21.6 Å². The lowest BCUT2D eigenvalue weighted by Crippen LogP contribution is -2.33. The molecule has 0 saturated heterocycles. The van der Waals surface area contributed by atoms with Crippen LogP contribution in [-0.2, 0) is 6.42 Å². The Balaban J connectivity index is 1.90. The summed E-state index contributed by atoms with van der Waals surface area (Å²) in [6.45, 7) is 0. The largest absolute Gasteiger partial charge is 0.350 e. The number of hydrazine groups is 2. The number of hydrogen-bond acceptors (Lipinski definition) is 4. The van der Waals surface area contributed by atoms with E-state index in [0.29, 0.717) is 12.1 Å². The molecular weight excluding hydrogens is 344 g/mol. The van der Waals surface area contributed by atoms with Crippen LogP contribution < -0.4 is 22.5 Å². The molecule has 136 valence electrons. The molecule has 7 N–H and O–H groups in total. The Labute approximate surface area is 154 Å². The molecule has 2 aromatic heterocycles. The smallest absolute Gasteiger partial charge is 0.340 e. The molecule has 0 aliphatic heterocycles. The molecule has 0 aliphatic carbocycles. The highest BCUT2D eigenvalue weighted by Crippen LogP contribution is 2.29. The first-order chi connectivity index (χ1) is 13.1. The maximum Gasteiger partial charge on any atom is 0.340 e. The number of amides is 2. The van der Waals surface area contributed by atoms with Gasteiger partial charge in [0.15, 0.2) is 0 Å². The van der Waals surface area contributed by atoms with Gasteiger partial charge in [-0.3, -0.25) is 20.2 Å². The minimum atomic E-state index is -0.434. The summed E-state index contributed by atoms with van der Waals surface area (Å²) in [6, 6.07) is 14.7. The lowest BCUT2D eigenvalue weighted by molar-refractivity contribution is 0.0948. The molecule has 0 radical (unpaired) electrons. The van der Waals surface area contributed by atoms with Gasteiger partial charge >= 0.3 is 6.03 Å². The molecule has 0 bridgehead atoms. The van der Waals surface area contributed by atoms with E-state index < -0.39 is 11.9 Å². The number of nitrogens with one attached hydrogen (secondary N) is 3. The molecule has 4 aromatic rings. The number of H-pyrrole nitrogens is 1. The average Bonchev–Trinajstić information content (AvgIpc) is 3.26. The van der Waals surface area contributed by atoms with Gasteiger partial charge in [0.05, 0.1) is 5.52 Å². The quantitative estimate of drug-likeness (QED) is 0.216. The van der Waals surface area contributed by atoms with E-state index in [9.17, 15) is 9.59 Å². The third-order valence-electron chi connectivity index (χ3n) is 4.68. The molecule has 27 heavy (non-hydrogen) atoms. The van der Waals surface area contributed by atoms with Crippen molar-refractivity contribution in [2.75, 3.05) is 0 Å². The highest BCUT2D eigenvalue weighted by molar-refractivity contribution is 6.01. The van der Waals surface area contributed by atoms with E-state index in [1.165, 1.54) is 4.57 Å². The van der Waals surface area contributed by atoms with Crippen molar-refractivity contribution in [3.63, 3.8) is 0 Å². The fourth-order valence-electron chi connectivity index (χ4n) is 3.47. The van der Waals surface area contributed by atoms with Crippen molar-refractivity contribution in [2.24, 2.45) is 11.7 Å². The van der Waals surface area contributed by atoms with E-state index in [4.69, 9.17) is 11.7 Å². The van der Waals surface area contributed by atoms with Crippen LogP contribution in [0.2, 0.25) is 0 Å². The predicted molar refractivity (Wildman–Crippen MR) is 103 cm³/mol. The average molecular weight is 362 g/mol. The van der Waals surface area contributed by atoms with Gasteiger partial charge in [0.25, 0.3) is 5.91 Å². The maximum absolute atomic E-state index is 12.3. The first-order valence-electron chi connectivity index (χ1n) is 8.34. The minimum Gasteiger partial charge on any atom is -0.350 e. The lowest BCUT2D eigenvalue weighted by atomic mass is 10.0. The van der Waals surface area contributed by atoms with Crippen LogP contribution in [0.25, 0.3) is 21.8 Å². The summed E-state index contributed by atoms with van der Waals surface area (Å²) in [7, 11) is 0. The Morgan fingerprint density at radius 1 is 0.963 bits per heavy atom. The Kier molecular flexibility index (Phi) is 4.11. The molecule has 2 heterocycles. The standard InChI is InChI=1S/C19H18N6O2/c20-23-18(26)17-14(13-6-1-3-7-15(13)22-17)9-11-10-25(19(27)24-21)16-8-4-2-5-12(11)16/h1-8,10,22H,9,20-21H2,(H,23,26)(H,24,27). The molecule has 0 unspecified atom stereocenters. The number of nitrogens with zero attached hydrogens (tertiary/aromatic N) is 1. The summed E-state index contributed by atoms with van der Waals surface area (Å²) in [5.74, 6) is 10.3. The van der Waals surface area contributed by atoms with Crippen LogP contribution in [0.3, 0.4) is 0 Å².